The van der Waals surface area contributed by atoms with Crippen LogP contribution < -0.4 is 10.0 Å². The Morgan fingerprint density at radius 1 is 1.27 bits per heavy atom. The second-order valence-corrected chi connectivity index (χ2v) is 9.29. The first-order valence-corrected chi connectivity index (χ1v) is 11.1. The van der Waals surface area contributed by atoms with Crippen molar-refractivity contribution in [2.45, 2.75) is 50.0 Å². The molecule has 0 radical (unpaired) electrons. The van der Waals surface area contributed by atoms with Crippen LogP contribution in [0.1, 0.15) is 49.4 Å². The zero-order valence-corrected chi connectivity index (χ0v) is 16.2. The number of likely N-dealkylation sites (tertiary alicyclic amines) is 1. The molecule has 1 saturated carbocycles. The zero-order valence-electron chi connectivity index (χ0n) is 15.4. The summed E-state index contributed by atoms with van der Waals surface area (Å²) in [6.45, 7) is 6.16. The summed E-state index contributed by atoms with van der Waals surface area (Å²) in [5.41, 5.74) is 0.385. The van der Waals surface area contributed by atoms with Crippen LogP contribution in [0.3, 0.4) is 0 Å². The topological polar surface area (TPSA) is 78.5 Å². The van der Waals surface area contributed by atoms with Crippen molar-refractivity contribution < 1.29 is 13.2 Å². The lowest BCUT2D eigenvalue weighted by atomic mass is 10.0. The molecule has 1 aromatic rings. The summed E-state index contributed by atoms with van der Waals surface area (Å²) < 4.78 is 27.2. The van der Waals surface area contributed by atoms with Gasteiger partial charge in [0.15, 0.2) is 0 Å². The summed E-state index contributed by atoms with van der Waals surface area (Å²) in [6, 6.07) is 6.30. The molecule has 3 rings (SSSR count). The molecular formula is C19H29N3O3S. The van der Waals surface area contributed by atoms with E-state index in [1.165, 1.54) is 25.0 Å². The first kappa shape index (κ1) is 19.3. The Hall–Kier alpha value is -1.44. The number of hydrogen-bond acceptors (Lipinski definition) is 4. The number of carbonyl (C=O) groups is 1. The number of rotatable bonds is 8. The van der Waals surface area contributed by atoms with Gasteiger partial charge in [-0.2, -0.15) is 0 Å². The average Bonchev–Trinajstić information content (AvgIpc) is 3.42. The van der Waals surface area contributed by atoms with Crippen LogP contribution in [0.4, 0.5) is 0 Å². The van der Waals surface area contributed by atoms with E-state index in [1.54, 1.807) is 12.1 Å². The fourth-order valence-electron chi connectivity index (χ4n) is 3.39. The average molecular weight is 380 g/mol. The second kappa shape index (κ2) is 8.50. The minimum absolute atomic E-state index is 0.0509. The summed E-state index contributed by atoms with van der Waals surface area (Å²) in [6.07, 6.45) is 5.23. The van der Waals surface area contributed by atoms with Gasteiger partial charge in [-0.1, -0.05) is 13.0 Å². The van der Waals surface area contributed by atoms with Crippen LogP contribution in [0, 0.1) is 5.92 Å². The van der Waals surface area contributed by atoms with Crippen molar-refractivity contribution in [3.05, 3.63) is 29.8 Å². The quantitative estimate of drug-likeness (QED) is 0.677. The lowest BCUT2D eigenvalue weighted by Crippen LogP contribution is -2.36. The molecule has 26 heavy (non-hydrogen) atoms. The lowest BCUT2D eigenvalue weighted by Gasteiger charge is -2.30. The largest absolute Gasteiger partial charge is 0.352 e. The maximum Gasteiger partial charge on any atom is 0.251 e. The molecule has 6 nitrogen and oxygen atoms in total. The highest BCUT2D eigenvalue weighted by molar-refractivity contribution is 7.89. The summed E-state index contributed by atoms with van der Waals surface area (Å²) >= 11 is 0. The van der Waals surface area contributed by atoms with Crippen molar-refractivity contribution in [1.29, 1.82) is 0 Å². The molecule has 1 aliphatic heterocycles. The van der Waals surface area contributed by atoms with Gasteiger partial charge < -0.3 is 10.2 Å². The minimum atomic E-state index is -3.53. The van der Waals surface area contributed by atoms with E-state index in [0.29, 0.717) is 12.1 Å². The number of sulfonamides is 1. The molecule has 1 unspecified atom stereocenters. The Morgan fingerprint density at radius 3 is 2.81 bits per heavy atom. The molecule has 0 spiro atoms. The number of carbonyl (C=O) groups excluding carboxylic acids is 1. The SMILES string of the molecule is CC1CCCN(CCCNC(=O)c2cccc(S(=O)(=O)NC3CC3)c2)C1. The van der Waals surface area contributed by atoms with Gasteiger partial charge in [0.25, 0.3) is 5.91 Å². The van der Waals surface area contributed by atoms with E-state index in [4.69, 9.17) is 0 Å². The molecule has 1 amide bonds. The van der Waals surface area contributed by atoms with Gasteiger partial charge >= 0.3 is 0 Å². The van der Waals surface area contributed by atoms with Gasteiger partial charge in [0.1, 0.15) is 0 Å². The van der Waals surface area contributed by atoms with E-state index in [0.717, 1.165) is 44.8 Å². The van der Waals surface area contributed by atoms with Gasteiger partial charge in [-0.15, -0.1) is 0 Å². The van der Waals surface area contributed by atoms with Crippen molar-refractivity contribution in [1.82, 2.24) is 14.9 Å². The van der Waals surface area contributed by atoms with Crippen LogP contribution in [-0.2, 0) is 10.0 Å². The first-order chi connectivity index (χ1) is 12.4. The van der Waals surface area contributed by atoms with Crippen molar-refractivity contribution >= 4 is 15.9 Å². The summed E-state index contributed by atoms with van der Waals surface area (Å²) in [4.78, 5) is 14.9. The van der Waals surface area contributed by atoms with Crippen LogP contribution in [0.25, 0.3) is 0 Å². The van der Waals surface area contributed by atoms with Crippen LogP contribution in [0.2, 0.25) is 0 Å². The van der Waals surface area contributed by atoms with Gasteiger partial charge in [0, 0.05) is 24.7 Å². The van der Waals surface area contributed by atoms with E-state index in [2.05, 4.69) is 21.9 Å². The zero-order chi connectivity index (χ0) is 18.6. The van der Waals surface area contributed by atoms with Crippen LogP contribution in [0.15, 0.2) is 29.2 Å². The molecule has 1 heterocycles. The smallest absolute Gasteiger partial charge is 0.251 e. The molecule has 144 valence electrons. The van der Waals surface area contributed by atoms with Crippen molar-refractivity contribution in [2.75, 3.05) is 26.2 Å². The molecule has 2 fully saturated rings. The van der Waals surface area contributed by atoms with E-state index in [1.807, 2.05) is 0 Å². The highest BCUT2D eigenvalue weighted by Gasteiger charge is 2.28. The Labute approximate surface area is 156 Å². The van der Waals surface area contributed by atoms with Crippen molar-refractivity contribution in [2.24, 2.45) is 5.92 Å². The van der Waals surface area contributed by atoms with Crippen LogP contribution in [-0.4, -0.2) is 51.4 Å². The van der Waals surface area contributed by atoms with E-state index >= 15 is 0 Å². The van der Waals surface area contributed by atoms with Gasteiger partial charge in [-0.3, -0.25) is 4.79 Å². The third-order valence-electron chi connectivity index (χ3n) is 4.98. The Bertz CT molecular complexity index is 731. The summed E-state index contributed by atoms with van der Waals surface area (Å²) in [7, 11) is -3.53. The highest BCUT2D eigenvalue weighted by atomic mass is 32.2. The molecular weight excluding hydrogens is 350 g/mol. The molecule has 1 saturated heterocycles. The number of amides is 1. The van der Waals surface area contributed by atoms with Crippen molar-refractivity contribution in [3.63, 3.8) is 0 Å². The Morgan fingerprint density at radius 2 is 2.08 bits per heavy atom. The van der Waals surface area contributed by atoms with E-state index < -0.39 is 10.0 Å². The number of piperidine rings is 1. The predicted molar refractivity (Wildman–Crippen MR) is 102 cm³/mol. The van der Waals surface area contributed by atoms with E-state index in [-0.39, 0.29) is 16.8 Å². The maximum atomic E-state index is 12.3. The fourth-order valence-corrected chi connectivity index (χ4v) is 4.74. The maximum absolute atomic E-state index is 12.3. The summed E-state index contributed by atoms with van der Waals surface area (Å²) in [5, 5.41) is 2.90. The third kappa shape index (κ3) is 5.53. The van der Waals surface area contributed by atoms with Gasteiger partial charge in [-0.05, 0) is 69.3 Å². The van der Waals surface area contributed by atoms with Gasteiger partial charge in [0.05, 0.1) is 4.90 Å². The molecule has 1 aromatic carbocycles. The molecule has 7 heteroatoms. The Kier molecular flexibility index (Phi) is 6.32. The second-order valence-electron chi connectivity index (χ2n) is 7.58. The predicted octanol–water partition coefficient (Wildman–Crippen LogP) is 1.98. The number of benzene rings is 1. The van der Waals surface area contributed by atoms with Gasteiger partial charge in [-0.25, -0.2) is 13.1 Å². The number of nitrogens with zero attached hydrogens (tertiary/aromatic N) is 1. The number of hydrogen-bond donors (Lipinski definition) is 2. The monoisotopic (exact) mass is 379 g/mol. The first-order valence-electron chi connectivity index (χ1n) is 9.57. The Balaban J connectivity index is 1.47. The fraction of sp³-hybridized carbons (Fsp3) is 0.632. The highest BCUT2D eigenvalue weighted by Crippen LogP contribution is 2.22. The van der Waals surface area contributed by atoms with Crippen LogP contribution in [0.5, 0.6) is 0 Å². The molecule has 0 bridgehead atoms. The number of nitrogens with one attached hydrogen (secondary N) is 2. The lowest BCUT2D eigenvalue weighted by molar-refractivity contribution is 0.0950. The molecule has 1 aliphatic carbocycles. The van der Waals surface area contributed by atoms with E-state index in [9.17, 15) is 13.2 Å². The molecule has 0 aromatic heterocycles. The minimum Gasteiger partial charge on any atom is -0.352 e. The molecule has 2 N–H and O–H groups in total. The normalized spacial score (nSPS) is 21.5. The van der Waals surface area contributed by atoms with Crippen molar-refractivity contribution in [3.8, 4) is 0 Å². The van der Waals surface area contributed by atoms with Gasteiger partial charge in [0.2, 0.25) is 10.0 Å². The standard InChI is InChI=1S/C19H29N3O3S/c1-15-5-3-11-22(14-15)12-4-10-20-19(23)16-6-2-7-18(13-16)26(24,25)21-17-8-9-17/h2,6-7,13,15,17,21H,3-5,8-12,14H2,1H3,(H,20,23). The molecule has 1 atom stereocenters. The third-order valence-corrected chi connectivity index (χ3v) is 6.50. The van der Waals surface area contributed by atoms with Crippen LogP contribution >= 0.6 is 0 Å². The summed E-state index contributed by atoms with van der Waals surface area (Å²) in [5.74, 6) is 0.535. The molecule has 2 aliphatic rings.